The van der Waals surface area contributed by atoms with E-state index in [1.165, 1.54) is 12.8 Å². The Morgan fingerprint density at radius 1 is 1.00 bits per heavy atom. The Morgan fingerprint density at radius 3 is 2.25 bits per heavy atom. The van der Waals surface area contributed by atoms with Gasteiger partial charge in [-0.2, -0.15) is 0 Å². The van der Waals surface area contributed by atoms with Gasteiger partial charge in [-0.1, -0.05) is 24.3 Å². The van der Waals surface area contributed by atoms with Crippen molar-refractivity contribution in [3.63, 3.8) is 0 Å². The van der Waals surface area contributed by atoms with Gasteiger partial charge in [0.2, 0.25) is 10.0 Å². The number of hydrogen-bond donors (Lipinski definition) is 2. The zero-order valence-corrected chi connectivity index (χ0v) is 12.2. The molecule has 0 aromatic heterocycles. The van der Waals surface area contributed by atoms with E-state index in [1.807, 2.05) is 24.3 Å². The van der Waals surface area contributed by atoms with Crippen LogP contribution in [0.5, 0.6) is 0 Å². The van der Waals surface area contributed by atoms with Crippen molar-refractivity contribution in [2.24, 2.45) is 0 Å². The first kappa shape index (κ1) is 13.8. The minimum atomic E-state index is -3.39. The maximum absolute atomic E-state index is 12.2. The SMILES string of the molecule is O=S(=O)(NC1CC=CC1)c1ccc(CNC2CC2)cc1. The quantitative estimate of drug-likeness (QED) is 0.788. The van der Waals surface area contributed by atoms with Gasteiger partial charge in [0, 0.05) is 18.6 Å². The van der Waals surface area contributed by atoms with Crippen LogP contribution in [-0.4, -0.2) is 20.5 Å². The van der Waals surface area contributed by atoms with Crippen molar-refractivity contribution in [2.45, 2.75) is 49.2 Å². The zero-order chi connectivity index (χ0) is 14.0. The van der Waals surface area contributed by atoms with Gasteiger partial charge in [0.15, 0.2) is 0 Å². The maximum Gasteiger partial charge on any atom is 0.240 e. The molecule has 2 N–H and O–H groups in total. The predicted molar refractivity (Wildman–Crippen MR) is 78.8 cm³/mol. The van der Waals surface area contributed by atoms with Crippen molar-refractivity contribution in [2.75, 3.05) is 0 Å². The van der Waals surface area contributed by atoms with Crippen LogP contribution in [0, 0.1) is 0 Å². The summed E-state index contributed by atoms with van der Waals surface area (Å²) in [5, 5.41) is 3.42. The van der Waals surface area contributed by atoms with Gasteiger partial charge in [-0.05, 0) is 43.4 Å². The summed E-state index contributed by atoms with van der Waals surface area (Å²) in [4.78, 5) is 0.347. The summed E-state index contributed by atoms with van der Waals surface area (Å²) in [5.41, 5.74) is 1.12. The smallest absolute Gasteiger partial charge is 0.240 e. The molecule has 20 heavy (non-hydrogen) atoms. The minimum Gasteiger partial charge on any atom is -0.310 e. The van der Waals surface area contributed by atoms with Gasteiger partial charge in [-0.25, -0.2) is 13.1 Å². The molecule has 0 amide bonds. The lowest BCUT2D eigenvalue weighted by molar-refractivity contribution is 0.557. The fourth-order valence-corrected chi connectivity index (χ4v) is 3.60. The van der Waals surface area contributed by atoms with Crippen molar-refractivity contribution < 1.29 is 8.42 Å². The molecule has 0 bridgehead atoms. The maximum atomic E-state index is 12.2. The van der Waals surface area contributed by atoms with Crippen LogP contribution in [0.1, 0.15) is 31.2 Å². The summed E-state index contributed by atoms with van der Waals surface area (Å²) in [6.07, 6.45) is 8.10. The highest BCUT2D eigenvalue weighted by Gasteiger charge is 2.21. The highest BCUT2D eigenvalue weighted by molar-refractivity contribution is 7.89. The average molecular weight is 292 g/mol. The molecule has 0 heterocycles. The molecule has 2 aliphatic rings. The molecular formula is C15H20N2O2S. The van der Waals surface area contributed by atoms with E-state index in [2.05, 4.69) is 10.0 Å². The van der Waals surface area contributed by atoms with Gasteiger partial charge in [-0.3, -0.25) is 0 Å². The van der Waals surface area contributed by atoms with Crippen LogP contribution in [0.3, 0.4) is 0 Å². The largest absolute Gasteiger partial charge is 0.310 e. The average Bonchev–Trinajstić information content (AvgIpc) is 3.14. The molecule has 1 saturated carbocycles. The van der Waals surface area contributed by atoms with E-state index >= 15 is 0 Å². The molecule has 5 heteroatoms. The summed E-state index contributed by atoms with van der Waals surface area (Å²) in [5.74, 6) is 0. The fraction of sp³-hybridized carbons (Fsp3) is 0.467. The van der Waals surface area contributed by atoms with E-state index in [0.29, 0.717) is 10.9 Å². The van der Waals surface area contributed by atoms with Crippen molar-refractivity contribution in [3.8, 4) is 0 Å². The van der Waals surface area contributed by atoms with E-state index < -0.39 is 10.0 Å². The third kappa shape index (κ3) is 3.48. The monoisotopic (exact) mass is 292 g/mol. The van der Waals surface area contributed by atoms with Gasteiger partial charge in [-0.15, -0.1) is 0 Å². The molecular weight excluding hydrogens is 272 g/mol. The molecule has 0 atom stereocenters. The van der Waals surface area contributed by atoms with Crippen LogP contribution >= 0.6 is 0 Å². The minimum absolute atomic E-state index is 0.0104. The molecule has 0 aliphatic heterocycles. The van der Waals surface area contributed by atoms with Crippen LogP contribution in [0.15, 0.2) is 41.3 Å². The molecule has 108 valence electrons. The molecule has 1 fully saturated rings. The normalized spacial score (nSPS) is 19.6. The van der Waals surface area contributed by atoms with Crippen LogP contribution in [0.25, 0.3) is 0 Å². The van der Waals surface area contributed by atoms with E-state index in [9.17, 15) is 8.42 Å². The van der Waals surface area contributed by atoms with E-state index in [-0.39, 0.29) is 6.04 Å². The van der Waals surface area contributed by atoms with Crippen molar-refractivity contribution in [3.05, 3.63) is 42.0 Å². The molecule has 0 spiro atoms. The molecule has 3 rings (SSSR count). The lowest BCUT2D eigenvalue weighted by Crippen LogP contribution is -2.32. The standard InChI is InChI=1S/C15H20N2O2S/c18-20(19,17-14-3-1-2-4-14)15-9-5-12(6-10-15)11-16-13-7-8-13/h1-2,5-6,9-10,13-14,16-17H,3-4,7-8,11H2. The number of nitrogens with one attached hydrogen (secondary N) is 2. The van der Waals surface area contributed by atoms with E-state index in [4.69, 9.17) is 0 Å². The molecule has 0 radical (unpaired) electrons. The highest BCUT2D eigenvalue weighted by Crippen LogP contribution is 2.20. The Labute approximate surface area is 120 Å². The highest BCUT2D eigenvalue weighted by atomic mass is 32.2. The Balaban J connectivity index is 1.62. The third-order valence-electron chi connectivity index (χ3n) is 3.74. The first-order chi connectivity index (χ1) is 9.63. The fourth-order valence-electron chi connectivity index (χ4n) is 2.34. The molecule has 0 saturated heterocycles. The predicted octanol–water partition coefficient (Wildman–Crippen LogP) is 1.94. The lowest BCUT2D eigenvalue weighted by atomic mass is 10.2. The second-order valence-electron chi connectivity index (χ2n) is 5.56. The van der Waals surface area contributed by atoms with Gasteiger partial charge in [0.1, 0.15) is 0 Å². The Hall–Kier alpha value is -1.17. The summed E-state index contributed by atoms with van der Waals surface area (Å²) in [6.45, 7) is 0.810. The molecule has 2 aliphatic carbocycles. The van der Waals surface area contributed by atoms with E-state index in [0.717, 1.165) is 24.9 Å². The second-order valence-corrected chi connectivity index (χ2v) is 7.27. The third-order valence-corrected chi connectivity index (χ3v) is 5.27. The number of benzene rings is 1. The van der Waals surface area contributed by atoms with Crippen LogP contribution in [0.2, 0.25) is 0 Å². The summed E-state index contributed by atoms with van der Waals surface area (Å²) in [6, 6.07) is 7.82. The topological polar surface area (TPSA) is 58.2 Å². The molecule has 1 aromatic carbocycles. The van der Waals surface area contributed by atoms with Gasteiger partial charge < -0.3 is 5.32 Å². The van der Waals surface area contributed by atoms with Crippen LogP contribution < -0.4 is 10.0 Å². The first-order valence-corrected chi connectivity index (χ1v) is 8.61. The van der Waals surface area contributed by atoms with Crippen LogP contribution in [0.4, 0.5) is 0 Å². The van der Waals surface area contributed by atoms with Crippen molar-refractivity contribution in [1.82, 2.24) is 10.0 Å². The summed E-state index contributed by atoms with van der Waals surface area (Å²) in [7, 11) is -3.39. The number of sulfonamides is 1. The molecule has 1 aromatic rings. The van der Waals surface area contributed by atoms with Crippen molar-refractivity contribution >= 4 is 10.0 Å². The van der Waals surface area contributed by atoms with Crippen molar-refractivity contribution in [1.29, 1.82) is 0 Å². The Kier molecular flexibility index (Phi) is 3.92. The molecule has 0 unspecified atom stereocenters. The number of hydrogen-bond acceptors (Lipinski definition) is 3. The van der Waals surface area contributed by atoms with Crippen LogP contribution in [-0.2, 0) is 16.6 Å². The summed E-state index contributed by atoms with van der Waals surface area (Å²) >= 11 is 0. The second kappa shape index (κ2) is 5.68. The zero-order valence-electron chi connectivity index (χ0n) is 11.4. The van der Waals surface area contributed by atoms with Gasteiger partial charge in [0.25, 0.3) is 0 Å². The summed E-state index contributed by atoms with van der Waals surface area (Å²) < 4.78 is 27.2. The Bertz CT molecular complexity index is 581. The first-order valence-electron chi connectivity index (χ1n) is 7.13. The molecule has 4 nitrogen and oxygen atoms in total. The van der Waals surface area contributed by atoms with Gasteiger partial charge in [0.05, 0.1) is 4.90 Å². The lowest BCUT2D eigenvalue weighted by Gasteiger charge is -2.13. The Morgan fingerprint density at radius 2 is 1.65 bits per heavy atom. The van der Waals surface area contributed by atoms with E-state index in [1.54, 1.807) is 12.1 Å². The number of rotatable bonds is 6. The van der Waals surface area contributed by atoms with Gasteiger partial charge >= 0.3 is 0 Å².